The highest BCUT2D eigenvalue weighted by molar-refractivity contribution is 9.10. The highest BCUT2D eigenvalue weighted by Gasteiger charge is 2.03. The summed E-state index contributed by atoms with van der Waals surface area (Å²) in [6.45, 7) is 1.77. The molecule has 13 heavy (non-hydrogen) atoms. The molecule has 0 saturated carbocycles. The second-order valence-electron chi connectivity index (χ2n) is 2.99. The summed E-state index contributed by atoms with van der Waals surface area (Å²) in [6.07, 6.45) is 2.94. The Hall–Kier alpha value is -0.120. The van der Waals surface area contributed by atoms with Crippen molar-refractivity contribution in [3.05, 3.63) is 27.5 Å². The first-order valence-electron chi connectivity index (χ1n) is 4.07. The number of aromatic nitrogens is 1. The van der Waals surface area contributed by atoms with Gasteiger partial charge in [-0.25, -0.2) is 4.98 Å². The zero-order valence-electron chi connectivity index (χ0n) is 7.30. The maximum absolute atomic E-state index is 9.11. The van der Waals surface area contributed by atoms with Crippen molar-refractivity contribution in [1.82, 2.24) is 4.98 Å². The first kappa shape index (κ1) is 11.0. The van der Waals surface area contributed by atoms with Crippen LogP contribution in [0.5, 0.6) is 0 Å². The topological polar surface area (TPSA) is 33.1 Å². The number of halogens is 2. The van der Waals surface area contributed by atoms with E-state index in [2.05, 4.69) is 20.9 Å². The molecule has 0 bridgehead atoms. The van der Waals surface area contributed by atoms with Gasteiger partial charge in [-0.15, -0.1) is 0 Å². The van der Waals surface area contributed by atoms with Gasteiger partial charge in [0.25, 0.3) is 0 Å². The van der Waals surface area contributed by atoms with Gasteiger partial charge in [0.1, 0.15) is 5.15 Å². The Balaban J connectivity index is 2.70. The Morgan fingerprint density at radius 1 is 1.69 bits per heavy atom. The zero-order chi connectivity index (χ0) is 9.84. The van der Waals surface area contributed by atoms with Gasteiger partial charge in [-0.05, 0) is 47.3 Å². The van der Waals surface area contributed by atoms with E-state index in [4.69, 9.17) is 16.7 Å². The van der Waals surface area contributed by atoms with Crippen molar-refractivity contribution in [3.63, 3.8) is 0 Å². The molecule has 0 radical (unpaired) electrons. The Labute approximate surface area is 91.1 Å². The van der Waals surface area contributed by atoms with Crippen LogP contribution in [0, 0.1) is 0 Å². The van der Waals surface area contributed by atoms with Gasteiger partial charge in [-0.1, -0.05) is 11.6 Å². The highest BCUT2D eigenvalue weighted by atomic mass is 79.9. The largest absolute Gasteiger partial charge is 0.393 e. The third kappa shape index (κ3) is 3.63. The maximum Gasteiger partial charge on any atom is 0.129 e. The van der Waals surface area contributed by atoms with Crippen molar-refractivity contribution in [1.29, 1.82) is 0 Å². The molecule has 0 aliphatic heterocycles. The molecule has 0 aliphatic carbocycles. The van der Waals surface area contributed by atoms with Crippen molar-refractivity contribution in [2.75, 3.05) is 0 Å². The molecule has 0 saturated heterocycles. The molecule has 0 spiro atoms. The summed E-state index contributed by atoms with van der Waals surface area (Å²) < 4.78 is 0.942. The maximum atomic E-state index is 9.11. The van der Waals surface area contributed by atoms with Gasteiger partial charge in [-0.3, -0.25) is 0 Å². The smallest absolute Gasteiger partial charge is 0.129 e. The number of rotatable bonds is 3. The molecule has 1 unspecified atom stereocenters. The second-order valence-corrected chi connectivity index (χ2v) is 4.23. The number of aryl methyl sites for hydroxylation is 1. The zero-order valence-corrected chi connectivity index (χ0v) is 9.64. The minimum Gasteiger partial charge on any atom is -0.393 e. The molecule has 0 aromatic carbocycles. The van der Waals surface area contributed by atoms with E-state index in [1.807, 2.05) is 6.07 Å². The lowest BCUT2D eigenvalue weighted by molar-refractivity contribution is 0.185. The van der Waals surface area contributed by atoms with Crippen molar-refractivity contribution in [3.8, 4) is 0 Å². The van der Waals surface area contributed by atoms with Crippen LogP contribution >= 0.6 is 27.5 Å². The van der Waals surface area contributed by atoms with Crippen LogP contribution in [0.4, 0.5) is 0 Å². The number of hydrogen-bond acceptors (Lipinski definition) is 2. The fourth-order valence-corrected chi connectivity index (χ4v) is 1.60. The molecular weight excluding hydrogens is 253 g/mol. The molecule has 0 amide bonds. The molecule has 1 aromatic heterocycles. The predicted molar refractivity (Wildman–Crippen MR) is 56.9 cm³/mol. The van der Waals surface area contributed by atoms with Crippen LogP contribution in [0.2, 0.25) is 5.15 Å². The summed E-state index contributed by atoms with van der Waals surface area (Å²) in [5, 5.41) is 9.60. The summed E-state index contributed by atoms with van der Waals surface area (Å²) in [5.74, 6) is 0. The van der Waals surface area contributed by atoms with Crippen LogP contribution in [-0.4, -0.2) is 16.2 Å². The van der Waals surface area contributed by atoms with E-state index in [0.29, 0.717) is 5.15 Å². The van der Waals surface area contributed by atoms with Gasteiger partial charge in [0.2, 0.25) is 0 Å². The van der Waals surface area contributed by atoms with E-state index in [0.717, 1.165) is 22.9 Å². The summed E-state index contributed by atoms with van der Waals surface area (Å²) in [7, 11) is 0. The number of aliphatic hydroxyl groups excluding tert-OH is 1. The number of aliphatic hydroxyl groups is 1. The molecule has 1 atom stereocenters. The van der Waals surface area contributed by atoms with Crippen LogP contribution < -0.4 is 0 Å². The van der Waals surface area contributed by atoms with Crippen molar-refractivity contribution in [2.24, 2.45) is 0 Å². The van der Waals surface area contributed by atoms with E-state index < -0.39 is 0 Å². The van der Waals surface area contributed by atoms with E-state index in [1.165, 1.54) is 0 Å². The van der Waals surface area contributed by atoms with Crippen molar-refractivity contribution < 1.29 is 5.11 Å². The molecule has 4 heteroatoms. The lowest BCUT2D eigenvalue weighted by Crippen LogP contribution is -2.02. The third-order valence-corrected chi connectivity index (χ3v) is 2.65. The van der Waals surface area contributed by atoms with Gasteiger partial charge in [0.15, 0.2) is 0 Å². The first-order valence-corrected chi connectivity index (χ1v) is 5.24. The van der Waals surface area contributed by atoms with E-state index in [9.17, 15) is 0 Å². The summed E-state index contributed by atoms with van der Waals surface area (Å²) in [5.41, 5.74) is 1.08. The normalized spacial score (nSPS) is 12.9. The Kier molecular flexibility index (Phi) is 4.16. The lowest BCUT2D eigenvalue weighted by atomic mass is 10.1. The van der Waals surface area contributed by atoms with Crippen LogP contribution in [-0.2, 0) is 6.42 Å². The lowest BCUT2D eigenvalue weighted by Gasteiger charge is -2.06. The molecule has 72 valence electrons. The molecular formula is C9H11BrClNO. The van der Waals surface area contributed by atoms with Gasteiger partial charge < -0.3 is 5.11 Å². The molecule has 0 aliphatic rings. The molecule has 1 N–H and O–H groups in total. The average Bonchev–Trinajstić information content (AvgIpc) is 2.06. The average molecular weight is 265 g/mol. The second kappa shape index (κ2) is 4.94. The fraction of sp³-hybridized carbons (Fsp3) is 0.444. The fourth-order valence-electron chi connectivity index (χ4n) is 1.01. The van der Waals surface area contributed by atoms with E-state index in [1.54, 1.807) is 13.1 Å². The van der Waals surface area contributed by atoms with Crippen LogP contribution in [0.15, 0.2) is 16.7 Å². The molecule has 2 nitrogen and oxygen atoms in total. The molecule has 1 heterocycles. The van der Waals surface area contributed by atoms with Crippen LogP contribution in [0.3, 0.4) is 0 Å². The highest BCUT2D eigenvalue weighted by Crippen LogP contribution is 2.20. The first-order chi connectivity index (χ1) is 6.09. The van der Waals surface area contributed by atoms with Crippen LogP contribution in [0.1, 0.15) is 18.9 Å². The van der Waals surface area contributed by atoms with Crippen molar-refractivity contribution in [2.45, 2.75) is 25.9 Å². The number of pyridine rings is 1. The minimum atomic E-state index is -0.279. The Morgan fingerprint density at radius 2 is 2.38 bits per heavy atom. The SMILES string of the molecule is CC(O)CCc1cc(Cl)ncc1Br. The van der Waals surface area contributed by atoms with E-state index >= 15 is 0 Å². The number of nitrogens with zero attached hydrogens (tertiary/aromatic N) is 1. The van der Waals surface area contributed by atoms with Gasteiger partial charge in [-0.2, -0.15) is 0 Å². The molecule has 1 rings (SSSR count). The standard InChI is InChI=1S/C9H11BrClNO/c1-6(13)2-3-7-4-9(11)12-5-8(7)10/h4-6,13H,2-3H2,1H3. The van der Waals surface area contributed by atoms with Crippen LogP contribution in [0.25, 0.3) is 0 Å². The molecule has 1 aromatic rings. The molecule has 0 fully saturated rings. The monoisotopic (exact) mass is 263 g/mol. The predicted octanol–water partition coefficient (Wildman–Crippen LogP) is 2.81. The summed E-state index contributed by atoms with van der Waals surface area (Å²) >= 11 is 9.12. The summed E-state index contributed by atoms with van der Waals surface area (Å²) in [4.78, 5) is 3.92. The Morgan fingerprint density at radius 3 is 3.00 bits per heavy atom. The van der Waals surface area contributed by atoms with Gasteiger partial charge in [0.05, 0.1) is 6.10 Å². The third-order valence-electron chi connectivity index (χ3n) is 1.73. The van der Waals surface area contributed by atoms with Crippen molar-refractivity contribution >= 4 is 27.5 Å². The van der Waals surface area contributed by atoms with E-state index in [-0.39, 0.29) is 6.10 Å². The number of hydrogen-bond donors (Lipinski definition) is 1. The van der Waals surface area contributed by atoms with Gasteiger partial charge in [0, 0.05) is 10.7 Å². The minimum absolute atomic E-state index is 0.279. The van der Waals surface area contributed by atoms with Gasteiger partial charge >= 0.3 is 0 Å². The summed E-state index contributed by atoms with van der Waals surface area (Å²) in [6, 6.07) is 1.81. The quantitative estimate of drug-likeness (QED) is 0.852. The Bertz CT molecular complexity index is 291.